The van der Waals surface area contributed by atoms with Crippen LogP contribution in [0.3, 0.4) is 0 Å². The second kappa shape index (κ2) is 10.2. The molecule has 0 aromatic rings. The van der Waals surface area contributed by atoms with Crippen LogP contribution in [0.2, 0.25) is 0 Å². The first-order chi connectivity index (χ1) is 11.4. The van der Waals surface area contributed by atoms with Gasteiger partial charge in [0, 0.05) is 19.5 Å². The van der Waals surface area contributed by atoms with Crippen molar-refractivity contribution in [2.45, 2.75) is 58.9 Å². The number of nitrogens with two attached hydrogens (primary N) is 1. The van der Waals surface area contributed by atoms with E-state index in [0.717, 1.165) is 19.3 Å². The van der Waals surface area contributed by atoms with Gasteiger partial charge in [0.25, 0.3) is 0 Å². The summed E-state index contributed by atoms with van der Waals surface area (Å²) in [4.78, 5) is 22.4. The lowest BCUT2D eigenvalue weighted by Crippen LogP contribution is -2.33. The van der Waals surface area contributed by atoms with Crippen LogP contribution in [0.4, 0.5) is 0 Å². The summed E-state index contributed by atoms with van der Waals surface area (Å²) >= 11 is 0. The smallest absolute Gasteiger partial charge is 0.306 e. The van der Waals surface area contributed by atoms with Gasteiger partial charge in [-0.1, -0.05) is 20.3 Å². The van der Waals surface area contributed by atoms with Gasteiger partial charge in [-0.2, -0.15) is 5.10 Å². The number of hydrazone groups is 1. The maximum absolute atomic E-state index is 11.3. The van der Waals surface area contributed by atoms with Crippen LogP contribution in [0.25, 0.3) is 0 Å². The van der Waals surface area contributed by atoms with Crippen LogP contribution in [0.15, 0.2) is 5.10 Å². The molecule has 0 heterocycles. The number of hydrogen-bond acceptors (Lipinski definition) is 4. The Morgan fingerprint density at radius 1 is 1.42 bits per heavy atom. The Balaban J connectivity index is 2.56. The standard InChI is InChI=1S/C17H32N4O3/c1-4-13(11(2)9-19-12(3)22)5-6-14-7-15(17(23)24)8-16(14)20-10-21-18/h10-11,13-16H,4-9,18H2,1-3H3,(H,19,22)(H,20,21)(H,23,24)/t11?,13?,14-,15-,16-/m1/s1. The quantitative estimate of drug-likeness (QED) is 0.208. The van der Waals surface area contributed by atoms with Crippen LogP contribution in [0.5, 0.6) is 0 Å². The van der Waals surface area contributed by atoms with E-state index in [1.165, 1.54) is 13.3 Å². The summed E-state index contributed by atoms with van der Waals surface area (Å²) in [5, 5.41) is 18.8. The summed E-state index contributed by atoms with van der Waals surface area (Å²) in [7, 11) is 0. The zero-order chi connectivity index (χ0) is 18.1. The fourth-order valence-corrected chi connectivity index (χ4v) is 3.78. The van der Waals surface area contributed by atoms with Gasteiger partial charge in [-0.25, -0.2) is 0 Å². The van der Waals surface area contributed by atoms with E-state index in [9.17, 15) is 14.7 Å². The van der Waals surface area contributed by atoms with Gasteiger partial charge < -0.3 is 21.6 Å². The minimum absolute atomic E-state index is 0.00197. The average molecular weight is 340 g/mol. The lowest BCUT2D eigenvalue weighted by Gasteiger charge is -2.26. The number of nitrogens with one attached hydrogen (secondary N) is 2. The molecule has 7 nitrogen and oxygen atoms in total. The Morgan fingerprint density at radius 2 is 2.12 bits per heavy atom. The van der Waals surface area contributed by atoms with Gasteiger partial charge in [0.2, 0.25) is 5.91 Å². The van der Waals surface area contributed by atoms with Gasteiger partial charge in [0.1, 0.15) is 6.34 Å². The lowest BCUT2D eigenvalue weighted by molar-refractivity contribution is -0.141. The summed E-state index contributed by atoms with van der Waals surface area (Å²) in [6, 6.07) is 0.113. The molecule has 0 aromatic carbocycles. The number of carboxylic acid groups (broad SMARTS) is 1. The molecular formula is C17H32N4O3. The Bertz CT molecular complexity index is 442. The molecule has 1 saturated carbocycles. The number of amides is 1. The molecule has 1 fully saturated rings. The number of nitrogens with zero attached hydrogens (tertiary/aromatic N) is 1. The molecule has 2 unspecified atom stereocenters. The minimum Gasteiger partial charge on any atom is -0.481 e. The van der Waals surface area contributed by atoms with Crippen molar-refractivity contribution >= 4 is 18.2 Å². The molecule has 0 radical (unpaired) electrons. The van der Waals surface area contributed by atoms with E-state index in [1.807, 2.05) is 0 Å². The summed E-state index contributed by atoms with van der Waals surface area (Å²) in [6.07, 6.45) is 5.83. The van der Waals surface area contributed by atoms with Crippen LogP contribution in [0, 0.1) is 23.7 Å². The number of aliphatic carboxylic acids is 1. The first kappa shape index (κ1) is 20.3. The molecule has 0 aliphatic heterocycles. The van der Waals surface area contributed by atoms with Crippen molar-refractivity contribution < 1.29 is 14.7 Å². The second-order valence-electron chi connectivity index (χ2n) is 6.98. The molecule has 1 aliphatic rings. The highest BCUT2D eigenvalue weighted by atomic mass is 16.4. The minimum atomic E-state index is -0.722. The fraction of sp³-hybridized carbons (Fsp3) is 0.824. The van der Waals surface area contributed by atoms with Crippen LogP contribution in [0.1, 0.15) is 52.9 Å². The number of hydrogen-bond donors (Lipinski definition) is 4. The highest BCUT2D eigenvalue weighted by Gasteiger charge is 2.37. The zero-order valence-electron chi connectivity index (χ0n) is 15.0. The average Bonchev–Trinajstić information content (AvgIpc) is 2.95. The molecule has 0 saturated heterocycles. The monoisotopic (exact) mass is 340 g/mol. The molecule has 0 spiro atoms. The maximum Gasteiger partial charge on any atom is 0.306 e. The number of carboxylic acids is 1. The van der Waals surface area contributed by atoms with Crippen LogP contribution in [-0.2, 0) is 9.59 Å². The third-order valence-electron chi connectivity index (χ3n) is 5.32. The SMILES string of the molecule is CCC(CC[C@@H]1C[C@@H](C(=O)O)C[C@H]1NC=NN)C(C)CNC(C)=O. The van der Waals surface area contributed by atoms with Crippen molar-refractivity contribution in [1.82, 2.24) is 10.6 Å². The summed E-state index contributed by atoms with van der Waals surface area (Å²) < 4.78 is 0. The van der Waals surface area contributed by atoms with E-state index >= 15 is 0 Å². The van der Waals surface area contributed by atoms with Crippen molar-refractivity contribution in [3.63, 3.8) is 0 Å². The van der Waals surface area contributed by atoms with Crippen molar-refractivity contribution in [3.8, 4) is 0 Å². The van der Waals surface area contributed by atoms with Gasteiger partial charge in [0.05, 0.1) is 5.92 Å². The van der Waals surface area contributed by atoms with Gasteiger partial charge in [-0.05, 0) is 43.4 Å². The predicted molar refractivity (Wildman–Crippen MR) is 94.3 cm³/mol. The predicted octanol–water partition coefficient (Wildman–Crippen LogP) is 1.54. The van der Waals surface area contributed by atoms with E-state index in [2.05, 4.69) is 29.6 Å². The molecule has 0 bridgehead atoms. The number of carbonyl (C=O) groups is 2. The first-order valence-corrected chi connectivity index (χ1v) is 8.83. The van der Waals surface area contributed by atoms with Crippen LogP contribution in [-0.4, -0.2) is 35.9 Å². The molecule has 0 aromatic heterocycles. The highest BCUT2D eigenvalue weighted by Crippen LogP contribution is 2.36. The third kappa shape index (κ3) is 6.37. The van der Waals surface area contributed by atoms with E-state index in [1.54, 1.807) is 0 Å². The maximum atomic E-state index is 11.3. The Labute approximate surface area is 144 Å². The highest BCUT2D eigenvalue weighted by molar-refractivity contribution is 5.72. The molecule has 138 valence electrons. The summed E-state index contributed by atoms with van der Waals surface area (Å²) in [5.74, 6) is 5.37. The lowest BCUT2D eigenvalue weighted by atomic mass is 9.83. The topological polar surface area (TPSA) is 117 Å². The zero-order valence-corrected chi connectivity index (χ0v) is 15.0. The molecule has 1 amide bonds. The van der Waals surface area contributed by atoms with Crippen molar-refractivity contribution in [2.24, 2.45) is 34.6 Å². The molecule has 7 heteroatoms. The van der Waals surface area contributed by atoms with Gasteiger partial charge in [-0.3, -0.25) is 9.59 Å². The number of carbonyl (C=O) groups excluding carboxylic acids is 1. The van der Waals surface area contributed by atoms with E-state index in [0.29, 0.717) is 37.1 Å². The molecule has 24 heavy (non-hydrogen) atoms. The van der Waals surface area contributed by atoms with Crippen molar-refractivity contribution in [3.05, 3.63) is 0 Å². The Morgan fingerprint density at radius 3 is 2.67 bits per heavy atom. The Hall–Kier alpha value is -1.79. The van der Waals surface area contributed by atoms with E-state index < -0.39 is 5.97 Å². The normalized spacial score (nSPS) is 26.2. The summed E-state index contributed by atoms with van der Waals surface area (Å²) in [5.41, 5.74) is 0. The van der Waals surface area contributed by atoms with E-state index in [-0.39, 0.29) is 17.9 Å². The van der Waals surface area contributed by atoms with Crippen LogP contribution >= 0.6 is 0 Å². The molecule has 1 rings (SSSR count). The van der Waals surface area contributed by atoms with Crippen molar-refractivity contribution in [2.75, 3.05) is 6.54 Å². The van der Waals surface area contributed by atoms with Gasteiger partial charge in [0.15, 0.2) is 0 Å². The van der Waals surface area contributed by atoms with Gasteiger partial charge in [-0.15, -0.1) is 0 Å². The Kier molecular flexibility index (Phi) is 8.57. The molecule has 5 atom stereocenters. The fourth-order valence-electron chi connectivity index (χ4n) is 3.78. The van der Waals surface area contributed by atoms with Gasteiger partial charge >= 0.3 is 5.97 Å². The molecule has 1 aliphatic carbocycles. The van der Waals surface area contributed by atoms with Crippen molar-refractivity contribution in [1.29, 1.82) is 0 Å². The largest absolute Gasteiger partial charge is 0.481 e. The second-order valence-corrected chi connectivity index (χ2v) is 6.98. The van der Waals surface area contributed by atoms with Crippen LogP contribution < -0.4 is 16.5 Å². The molecular weight excluding hydrogens is 308 g/mol. The number of rotatable bonds is 10. The van der Waals surface area contributed by atoms with E-state index in [4.69, 9.17) is 5.84 Å². The first-order valence-electron chi connectivity index (χ1n) is 8.83. The molecule has 5 N–H and O–H groups in total. The summed E-state index contributed by atoms with van der Waals surface area (Å²) in [6.45, 7) is 6.56. The third-order valence-corrected chi connectivity index (χ3v) is 5.32.